The van der Waals surface area contributed by atoms with Gasteiger partial charge in [0.25, 0.3) is 5.91 Å². The van der Waals surface area contributed by atoms with Crippen LogP contribution >= 0.6 is 0 Å². The number of benzene rings is 1. The number of aliphatic hydroxyl groups excluding tert-OH is 1. The summed E-state index contributed by atoms with van der Waals surface area (Å²) in [5.74, 6) is -1.80. The average molecular weight is 537 g/mol. The highest BCUT2D eigenvalue weighted by molar-refractivity contribution is 5.95. The van der Waals surface area contributed by atoms with E-state index in [2.05, 4.69) is 30.2 Å². The number of aliphatic hydroxyl groups is 1. The van der Waals surface area contributed by atoms with Gasteiger partial charge in [0.05, 0.1) is 49.1 Å². The number of amides is 1. The molecule has 1 aromatic carbocycles. The minimum Gasteiger partial charge on any atom is -0.494 e. The fourth-order valence-electron chi connectivity index (χ4n) is 5.15. The van der Waals surface area contributed by atoms with Gasteiger partial charge in [-0.15, -0.1) is 5.10 Å². The summed E-state index contributed by atoms with van der Waals surface area (Å²) < 4.78 is 37.0. The second-order valence-corrected chi connectivity index (χ2v) is 9.72. The Balaban J connectivity index is 1.19. The van der Waals surface area contributed by atoms with Crippen LogP contribution < -0.4 is 9.64 Å². The number of methoxy groups -OCH3 is 1. The standard InChI is InChI=1S/C26H26F2N8O3/c1-39-17-11-30-26(31-12-17)34-7-4-15(5-8-34)36-22-13-29-20(10-21(22)32-33-36)18-2-3-19(24(28)23(18)27)25(38)35-9-6-16(37)14-35/h2-3,10-13,15-16,37H,4-9,14H2,1H3/t16-/m1/s1. The largest absolute Gasteiger partial charge is 0.494 e. The maximum Gasteiger partial charge on any atom is 0.257 e. The Morgan fingerprint density at radius 1 is 1.03 bits per heavy atom. The van der Waals surface area contributed by atoms with Crippen LogP contribution in [0.5, 0.6) is 5.75 Å². The Morgan fingerprint density at radius 3 is 2.49 bits per heavy atom. The smallest absolute Gasteiger partial charge is 0.257 e. The van der Waals surface area contributed by atoms with E-state index < -0.39 is 23.6 Å². The monoisotopic (exact) mass is 536 g/mol. The number of nitrogens with zero attached hydrogens (tertiary/aromatic N) is 8. The van der Waals surface area contributed by atoms with Crippen molar-refractivity contribution in [3.05, 3.63) is 54.0 Å². The molecule has 2 aliphatic heterocycles. The van der Waals surface area contributed by atoms with Crippen LogP contribution in [0.2, 0.25) is 0 Å². The lowest BCUT2D eigenvalue weighted by Gasteiger charge is -2.31. The first-order chi connectivity index (χ1) is 18.9. The van der Waals surface area contributed by atoms with Crippen LogP contribution in [0.25, 0.3) is 22.3 Å². The molecule has 4 aromatic rings. The van der Waals surface area contributed by atoms with E-state index in [-0.39, 0.29) is 29.4 Å². The summed E-state index contributed by atoms with van der Waals surface area (Å²) in [6.07, 6.45) is 6.18. The molecule has 39 heavy (non-hydrogen) atoms. The first kappa shape index (κ1) is 25.0. The number of rotatable bonds is 5. The molecule has 0 aliphatic carbocycles. The minimum absolute atomic E-state index is 0.0743. The molecule has 0 unspecified atom stereocenters. The van der Waals surface area contributed by atoms with E-state index in [1.165, 1.54) is 17.0 Å². The first-order valence-electron chi connectivity index (χ1n) is 12.7. The van der Waals surface area contributed by atoms with Crippen molar-refractivity contribution in [3.8, 4) is 17.0 Å². The molecule has 2 fully saturated rings. The summed E-state index contributed by atoms with van der Waals surface area (Å²) in [5, 5.41) is 18.2. The molecular weight excluding hydrogens is 510 g/mol. The van der Waals surface area contributed by atoms with E-state index >= 15 is 4.39 Å². The number of carbonyl (C=O) groups is 1. The minimum atomic E-state index is -1.24. The predicted molar refractivity (Wildman–Crippen MR) is 136 cm³/mol. The highest BCUT2D eigenvalue weighted by Gasteiger charge is 2.29. The number of anilines is 1. The molecule has 0 saturated carbocycles. The third-order valence-electron chi connectivity index (χ3n) is 7.34. The van der Waals surface area contributed by atoms with Crippen LogP contribution in [0.4, 0.5) is 14.7 Å². The Bertz CT molecular complexity index is 1520. The zero-order valence-electron chi connectivity index (χ0n) is 21.2. The maximum absolute atomic E-state index is 15.1. The van der Waals surface area contributed by atoms with Crippen LogP contribution in [-0.4, -0.2) is 85.3 Å². The Labute approximate surface area is 222 Å². The number of hydrogen-bond donors (Lipinski definition) is 1. The van der Waals surface area contributed by atoms with Gasteiger partial charge in [-0.05, 0) is 37.5 Å². The molecule has 0 bridgehead atoms. The van der Waals surface area contributed by atoms with Crippen molar-refractivity contribution in [3.63, 3.8) is 0 Å². The summed E-state index contributed by atoms with van der Waals surface area (Å²) in [6, 6.07) is 4.24. The van der Waals surface area contributed by atoms with Crippen LogP contribution in [0.15, 0.2) is 36.8 Å². The summed E-state index contributed by atoms with van der Waals surface area (Å²) in [6.45, 7) is 1.86. The molecule has 202 valence electrons. The van der Waals surface area contributed by atoms with E-state index in [0.29, 0.717) is 35.7 Å². The van der Waals surface area contributed by atoms with Crippen molar-refractivity contribution in [2.24, 2.45) is 0 Å². The van der Waals surface area contributed by atoms with Gasteiger partial charge in [-0.3, -0.25) is 9.78 Å². The van der Waals surface area contributed by atoms with Crippen LogP contribution in [-0.2, 0) is 0 Å². The molecule has 1 N–H and O–H groups in total. The molecular formula is C26H26F2N8O3. The van der Waals surface area contributed by atoms with Gasteiger partial charge >= 0.3 is 0 Å². The van der Waals surface area contributed by atoms with Gasteiger partial charge in [-0.1, -0.05) is 5.21 Å². The quantitative estimate of drug-likeness (QED) is 0.410. The van der Waals surface area contributed by atoms with Gasteiger partial charge in [0.15, 0.2) is 17.4 Å². The third-order valence-corrected chi connectivity index (χ3v) is 7.34. The number of halogens is 2. The molecule has 0 radical (unpaired) electrons. The summed E-state index contributed by atoms with van der Waals surface area (Å²) in [5.41, 5.74) is 0.941. The summed E-state index contributed by atoms with van der Waals surface area (Å²) >= 11 is 0. The van der Waals surface area contributed by atoms with Crippen LogP contribution in [0.3, 0.4) is 0 Å². The third kappa shape index (κ3) is 4.62. The summed E-state index contributed by atoms with van der Waals surface area (Å²) in [7, 11) is 1.57. The SMILES string of the molecule is COc1cnc(N2CCC(n3nnc4cc(-c5ccc(C(=O)N6CC[C@@H](O)C6)c(F)c5F)ncc43)CC2)nc1. The van der Waals surface area contributed by atoms with Crippen molar-refractivity contribution in [1.82, 2.24) is 34.8 Å². The molecule has 13 heteroatoms. The van der Waals surface area contributed by atoms with Gasteiger partial charge in [0, 0.05) is 31.7 Å². The van der Waals surface area contributed by atoms with E-state index in [9.17, 15) is 14.3 Å². The molecule has 3 aromatic heterocycles. The Hall–Kier alpha value is -4.26. The molecule has 1 amide bonds. The lowest BCUT2D eigenvalue weighted by molar-refractivity contribution is 0.0759. The van der Waals surface area contributed by atoms with Gasteiger partial charge < -0.3 is 19.6 Å². The normalized spacial score (nSPS) is 18.2. The fraction of sp³-hybridized carbons (Fsp3) is 0.385. The van der Waals surface area contributed by atoms with Gasteiger partial charge in [-0.2, -0.15) is 0 Å². The molecule has 11 nitrogen and oxygen atoms in total. The molecule has 6 rings (SSSR count). The van der Waals surface area contributed by atoms with Crippen LogP contribution in [0.1, 0.15) is 35.7 Å². The van der Waals surface area contributed by atoms with Crippen LogP contribution in [0, 0.1) is 11.6 Å². The van der Waals surface area contributed by atoms with Crippen molar-refractivity contribution in [1.29, 1.82) is 0 Å². The van der Waals surface area contributed by atoms with E-state index in [1.54, 1.807) is 31.8 Å². The number of piperidine rings is 1. The van der Waals surface area contributed by atoms with E-state index in [0.717, 1.165) is 25.9 Å². The summed E-state index contributed by atoms with van der Waals surface area (Å²) in [4.78, 5) is 29.1. The number of β-amino-alcohol motifs (C(OH)–C–C–N with tert-alkyl or cyclic N) is 1. The number of ether oxygens (including phenoxy) is 1. The molecule has 0 spiro atoms. The van der Waals surface area contributed by atoms with E-state index in [4.69, 9.17) is 4.74 Å². The Kier molecular flexibility index (Phi) is 6.51. The highest BCUT2D eigenvalue weighted by Crippen LogP contribution is 2.30. The number of hydrogen-bond acceptors (Lipinski definition) is 9. The number of fused-ring (bicyclic) bond motifs is 1. The molecule has 2 aliphatic rings. The second-order valence-electron chi connectivity index (χ2n) is 9.72. The molecule has 2 saturated heterocycles. The lowest BCUT2D eigenvalue weighted by Crippen LogP contribution is -2.36. The predicted octanol–water partition coefficient (Wildman–Crippen LogP) is 2.62. The van der Waals surface area contributed by atoms with Gasteiger partial charge in [0.2, 0.25) is 5.95 Å². The maximum atomic E-state index is 15.1. The fourth-order valence-corrected chi connectivity index (χ4v) is 5.15. The van der Waals surface area contributed by atoms with Crippen molar-refractivity contribution in [2.75, 3.05) is 38.2 Å². The zero-order chi connectivity index (χ0) is 27.1. The second kappa shape index (κ2) is 10.1. The topological polar surface area (TPSA) is 122 Å². The first-order valence-corrected chi connectivity index (χ1v) is 12.7. The Morgan fingerprint density at radius 2 is 1.79 bits per heavy atom. The van der Waals surface area contributed by atoms with Gasteiger partial charge in [0.1, 0.15) is 11.0 Å². The number of likely N-dealkylation sites (tertiary alicyclic amines) is 1. The highest BCUT2D eigenvalue weighted by atomic mass is 19.2. The number of carbonyl (C=O) groups excluding carboxylic acids is 1. The van der Waals surface area contributed by atoms with Crippen molar-refractivity contribution in [2.45, 2.75) is 31.4 Å². The molecule has 1 atom stereocenters. The lowest BCUT2D eigenvalue weighted by atomic mass is 10.0. The van der Waals surface area contributed by atoms with Crippen molar-refractivity contribution < 1.29 is 23.4 Å². The van der Waals surface area contributed by atoms with Crippen molar-refractivity contribution >= 4 is 22.9 Å². The van der Waals surface area contributed by atoms with E-state index in [1.807, 2.05) is 4.68 Å². The zero-order valence-corrected chi connectivity index (χ0v) is 21.2. The molecule has 5 heterocycles. The number of aromatic nitrogens is 6. The van der Waals surface area contributed by atoms with Gasteiger partial charge in [-0.25, -0.2) is 23.4 Å². The average Bonchev–Trinajstić information content (AvgIpc) is 3.60. The number of pyridine rings is 1.